The van der Waals surface area contributed by atoms with E-state index in [2.05, 4.69) is 46.9 Å². The SMILES string of the molecule is CC(C)CN(CC(C)C)S(=O)(=O)c1ccc2c(c1)NCC(C)(C)S2. The van der Waals surface area contributed by atoms with Gasteiger partial charge in [-0.2, -0.15) is 4.31 Å². The molecule has 0 saturated heterocycles. The molecule has 0 unspecified atom stereocenters. The Labute approximate surface area is 151 Å². The molecule has 0 spiro atoms. The first kappa shape index (κ1) is 19.6. The van der Waals surface area contributed by atoms with Crippen molar-refractivity contribution in [2.45, 2.75) is 56.1 Å². The van der Waals surface area contributed by atoms with Crippen molar-refractivity contribution in [1.82, 2.24) is 4.31 Å². The maximum Gasteiger partial charge on any atom is 0.243 e. The molecule has 1 N–H and O–H groups in total. The molecule has 0 atom stereocenters. The van der Waals surface area contributed by atoms with Gasteiger partial charge in [0.15, 0.2) is 0 Å². The monoisotopic (exact) mass is 370 g/mol. The molecule has 0 amide bonds. The van der Waals surface area contributed by atoms with Gasteiger partial charge >= 0.3 is 0 Å². The number of thioether (sulfide) groups is 1. The molecule has 1 heterocycles. The van der Waals surface area contributed by atoms with Gasteiger partial charge in [-0.05, 0) is 43.9 Å². The second kappa shape index (κ2) is 7.26. The van der Waals surface area contributed by atoms with Crippen LogP contribution in [-0.2, 0) is 10.0 Å². The number of hydrogen-bond donors (Lipinski definition) is 1. The second-order valence-corrected chi connectivity index (χ2v) is 11.7. The Morgan fingerprint density at radius 1 is 1.17 bits per heavy atom. The van der Waals surface area contributed by atoms with Crippen molar-refractivity contribution in [3.8, 4) is 0 Å². The highest BCUT2D eigenvalue weighted by molar-refractivity contribution is 8.01. The van der Waals surface area contributed by atoms with Crippen molar-refractivity contribution >= 4 is 27.5 Å². The Kier molecular flexibility index (Phi) is 5.93. The number of rotatable bonds is 6. The fourth-order valence-corrected chi connectivity index (χ4v) is 5.68. The van der Waals surface area contributed by atoms with E-state index >= 15 is 0 Å². The number of fused-ring (bicyclic) bond motifs is 1. The Morgan fingerprint density at radius 3 is 2.29 bits per heavy atom. The first-order chi connectivity index (χ1) is 11.0. The summed E-state index contributed by atoms with van der Waals surface area (Å²) < 4.78 is 28.0. The zero-order chi connectivity index (χ0) is 18.1. The van der Waals surface area contributed by atoms with Gasteiger partial charge in [0.2, 0.25) is 10.0 Å². The first-order valence-corrected chi connectivity index (χ1v) is 10.8. The highest BCUT2D eigenvalue weighted by Gasteiger charge is 2.30. The summed E-state index contributed by atoms with van der Waals surface area (Å²) in [5.41, 5.74) is 0.925. The molecule has 0 fully saturated rings. The van der Waals surface area contributed by atoms with Gasteiger partial charge in [0, 0.05) is 35.0 Å². The molecule has 1 aromatic carbocycles. The van der Waals surface area contributed by atoms with E-state index in [0.29, 0.717) is 29.8 Å². The molecule has 6 heteroatoms. The molecular weight excluding hydrogens is 340 g/mol. The fourth-order valence-electron chi connectivity index (χ4n) is 2.77. The Balaban J connectivity index is 2.34. The first-order valence-electron chi connectivity index (χ1n) is 8.58. The van der Waals surface area contributed by atoms with Crippen LogP contribution in [0.15, 0.2) is 28.0 Å². The highest BCUT2D eigenvalue weighted by atomic mass is 32.2. The largest absolute Gasteiger partial charge is 0.383 e. The lowest BCUT2D eigenvalue weighted by molar-refractivity contribution is 0.333. The van der Waals surface area contributed by atoms with Gasteiger partial charge in [-0.25, -0.2) is 8.42 Å². The molecule has 1 aromatic rings. The third kappa shape index (κ3) is 4.67. The topological polar surface area (TPSA) is 49.4 Å². The van der Waals surface area contributed by atoms with Gasteiger partial charge < -0.3 is 5.32 Å². The molecule has 0 aromatic heterocycles. The zero-order valence-corrected chi connectivity index (χ0v) is 17.2. The van der Waals surface area contributed by atoms with Crippen LogP contribution < -0.4 is 5.32 Å². The summed E-state index contributed by atoms with van der Waals surface area (Å²) in [5.74, 6) is 0.594. The van der Waals surface area contributed by atoms with Gasteiger partial charge in [0.25, 0.3) is 0 Å². The van der Waals surface area contributed by atoms with E-state index in [-0.39, 0.29) is 4.75 Å². The third-order valence-corrected chi connectivity index (χ3v) is 6.92. The summed E-state index contributed by atoms with van der Waals surface area (Å²) in [4.78, 5) is 1.50. The fraction of sp³-hybridized carbons (Fsp3) is 0.667. The lowest BCUT2D eigenvalue weighted by Gasteiger charge is -2.32. The minimum Gasteiger partial charge on any atom is -0.383 e. The van der Waals surface area contributed by atoms with Crippen molar-refractivity contribution in [1.29, 1.82) is 0 Å². The van der Waals surface area contributed by atoms with Crippen molar-refractivity contribution in [3.05, 3.63) is 18.2 Å². The average Bonchev–Trinajstić information content (AvgIpc) is 2.44. The number of benzene rings is 1. The molecule has 1 aliphatic rings. The van der Waals surface area contributed by atoms with Crippen molar-refractivity contribution in [2.24, 2.45) is 11.8 Å². The summed E-state index contributed by atoms with van der Waals surface area (Å²) in [6.07, 6.45) is 0. The highest BCUT2D eigenvalue weighted by Crippen LogP contribution is 2.42. The second-order valence-electron chi connectivity index (χ2n) is 7.98. The van der Waals surface area contributed by atoms with Crippen molar-refractivity contribution in [2.75, 3.05) is 25.0 Å². The van der Waals surface area contributed by atoms with Gasteiger partial charge in [-0.15, -0.1) is 11.8 Å². The summed E-state index contributed by atoms with van der Waals surface area (Å²) >= 11 is 1.79. The van der Waals surface area contributed by atoms with E-state index in [9.17, 15) is 8.42 Å². The molecule has 0 radical (unpaired) electrons. The van der Waals surface area contributed by atoms with E-state index in [1.165, 1.54) is 0 Å². The Bertz CT molecular complexity index is 672. The Morgan fingerprint density at radius 2 is 1.75 bits per heavy atom. The van der Waals surface area contributed by atoms with E-state index in [1.807, 2.05) is 6.07 Å². The van der Waals surface area contributed by atoms with Gasteiger partial charge in [0.1, 0.15) is 0 Å². The van der Waals surface area contributed by atoms with Crippen LogP contribution in [0.5, 0.6) is 0 Å². The maximum absolute atomic E-state index is 13.1. The summed E-state index contributed by atoms with van der Waals surface area (Å²) in [7, 11) is -3.47. The van der Waals surface area contributed by atoms with Gasteiger partial charge in [-0.1, -0.05) is 27.7 Å². The standard InChI is InChI=1S/C18H30N2O2S2/c1-13(2)10-20(11-14(3)4)24(21,22)15-7-8-17-16(9-15)19-12-18(5,6)23-17/h7-9,13-14,19H,10-12H2,1-6H3. The van der Waals surface area contributed by atoms with Crippen LogP contribution in [0.25, 0.3) is 0 Å². The van der Waals surface area contributed by atoms with E-state index in [0.717, 1.165) is 17.1 Å². The average molecular weight is 371 g/mol. The van der Waals surface area contributed by atoms with Crippen LogP contribution in [0.4, 0.5) is 5.69 Å². The molecule has 1 aliphatic heterocycles. The van der Waals surface area contributed by atoms with Crippen LogP contribution in [0, 0.1) is 11.8 Å². The quantitative estimate of drug-likeness (QED) is 0.812. The minimum absolute atomic E-state index is 0.120. The number of nitrogens with one attached hydrogen (secondary N) is 1. The molecule has 24 heavy (non-hydrogen) atoms. The van der Waals surface area contributed by atoms with Crippen molar-refractivity contribution < 1.29 is 8.42 Å². The smallest absolute Gasteiger partial charge is 0.243 e. The molecule has 0 saturated carbocycles. The number of nitrogens with zero attached hydrogens (tertiary/aromatic N) is 1. The Hall–Kier alpha value is -0.720. The van der Waals surface area contributed by atoms with E-state index in [1.54, 1.807) is 28.2 Å². The maximum atomic E-state index is 13.1. The van der Waals surface area contributed by atoms with Crippen LogP contribution >= 0.6 is 11.8 Å². The van der Waals surface area contributed by atoms with Crippen molar-refractivity contribution in [3.63, 3.8) is 0 Å². The van der Waals surface area contributed by atoms with Gasteiger partial charge in [-0.3, -0.25) is 0 Å². The predicted molar refractivity (Wildman–Crippen MR) is 103 cm³/mol. The molecule has 0 bridgehead atoms. The van der Waals surface area contributed by atoms with Crippen LogP contribution in [0.3, 0.4) is 0 Å². The molecule has 136 valence electrons. The normalized spacial score (nSPS) is 17.2. The minimum atomic E-state index is -3.47. The van der Waals surface area contributed by atoms with Crippen LogP contribution in [-0.4, -0.2) is 37.1 Å². The number of hydrogen-bond acceptors (Lipinski definition) is 4. The molecular formula is C18H30N2O2S2. The van der Waals surface area contributed by atoms with Crippen LogP contribution in [0.2, 0.25) is 0 Å². The molecule has 4 nitrogen and oxygen atoms in total. The van der Waals surface area contributed by atoms with E-state index in [4.69, 9.17) is 0 Å². The summed E-state index contributed by atoms with van der Waals surface area (Å²) in [6.45, 7) is 14.5. The zero-order valence-electron chi connectivity index (χ0n) is 15.6. The lowest BCUT2D eigenvalue weighted by Crippen LogP contribution is -2.37. The van der Waals surface area contributed by atoms with E-state index < -0.39 is 10.0 Å². The summed E-state index contributed by atoms with van der Waals surface area (Å²) in [6, 6.07) is 5.47. The molecule has 0 aliphatic carbocycles. The number of anilines is 1. The lowest BCUT2D eigenvalue weighted by atomic mass is 10.2. The third-order valence-electron chi connectivity index (χ3n) is 3.82. The number of sulfonamides is 1. The van der Waals surface area contributed by atoms with Gasteiger partial charge in [0.05, 0.1) is 4.90 Å². The predicted octanol–water partition coefficient (Wildman–Crippen LogP) is 4.29. The molecule has 2 rings (SSSR count). The van der Waals surface area contributed by atoms with Crippen LogP contribution in [0.1, 0.15) is 41.5 Å². The summed E-state index contributed by atoms with van der Waals surface area (Å²) in [5, 5.41) is 3.38.